The largest absolute Gasteiger partial charge is 0.495 e. The smallest absolute Gasteiger partial charge is 0.225 e. The predicted octanol–water partition coefficient (Wildman–Crippen LogP) is 1.58. The summed E-state index contributed by atoms with van der Waals surface area (Å²) in [7, 11) is 2.29. The average molecular weight is 351 g/mol. The van der Waals surface area contributed by atoms with Crippen molar-refractivity contribution in [3.8, 4) is 11.5 Å². The molecule has 0 spiro atoms. The predicted molar refractivity (Wildman–Crippen MR) is 85.3 cm³/mol. The molecule has 7 nitrogen and oxygen atoms in total. The molecule has 1 amide bonds. The van der Waals surface area contributed by atoms with Gasteiger partial charge in [-0.05, 0) is 0 Å². The lowest BCUT2D eigenvalue weighted by molar-refractivity contribution is -0.115. The molecule has 1 aromatic carbocycles. The molecular weight excluding hydrogens is 332 g/mol. The van der Waals surface area contributed by atoms with Crippen LogP contribution in [0.3, 0.4) is 0 Å². The van der Waals surface area contributed by atoms with Crippen LogP contribution in [0.4, 0.5) is 5.69 Å². The number of hydrogen-bond donors (Lipinski definition) is 1. The monoisotopic (exact) mass is 350 g/mol. The van der Waals surface area contributed by atoms with Crippen LogP contribution in [-0.4, -0.2) is 52.7 Å². The number of rotatable bonds is 7. The molecule has 0 saturated carbocycles. The number of methoxy groups -OCH3 is 2. The number of nitrogens with zero attached hydrogens (tertiary/aromatic N) is 1. The van der Waals surface area contributed by atoms with Crippen molar-refractivity contribution in [2.24, 2.45) is 0 Å². The second-order valence-corrected chi connectivity index (χ2v) is 7.29. The fourth-order valence-electron chi connectivity index (χ4n) is 1.58. The SMILES string of the molecule is COc1cc(NC(=O)CCS(=O)(=O)N(C)C)c(OC)cc1Cl. The maximum Gasteiger partial charge on any atom is 0.225 e. The minimum atomic E-state index is -3.43. The highest BCUT2D eigenvalue weighted by Gasteiger charge is 2.17. The molecule has 0 saturated heterocycles. The molecular formula is C13H19ClN2O5S. The van der Waals surface area contributed by atoms with Crippen LogP contribution in [0, 0.1) is 0 Å². The number of carbonyl (C=O) groups is 1. The molecule has 22 heavy (non-hydrogen) atoms. The van der Waals surface area contributed by atoms with E-state index in [4.69, 9.17) is 21.1 Å². The Balaban J connectivity index is 2.84. The number of carbonyl (C=O) groups excluding carboxylic acids is 1. The summed E-state index contributed by atoms with van der Waals surface area (Å²) in [6.45, 7) is 0. The van der Waals surface area contributed by atoms with Gasteiger partial charge in [-0.25, -0.2) is 12.7 Å². The van der Waals surface area contributed by atoms with E-state index in [9.17, 15) is 13.2 Å². The van der Waals surface area contributed by atoms with E-state index in [2.05, 4.69) is 5.32 Å². The molecule has 0 fully saturated rings. The first-order chi connectivity index (χ1) is 10.2. The van der Waals surface area contributed by atoms with Crippen molar-refractivity contribution in [3.05, 3.63) is 17.2 Å². The van der Waals surface area contributed by atoms with E-state index in [1.54, 1.807) is 0 Å². The van der Waals surface area contributed by atoms with Gasteiger partial charge in [-0.15, -0.1) is 0 Å². The number of nitrogens with one attached hydrogen (secondary N) is 1. The van der Waals surface area contributed by atoms with Crippen molar-refractivity contribution < 1.29 is 22.7 Å². The van der Waals surface area contributed by atoms with Crippen LogP contribution in [0.15, 0.2) is 12.1 Å². The quantitative estimate of drug-likeness (QED) is 0.807. The zero-order chi connectivity index (χ0) is 16.9. The topological polar surface area (TPSA) is 84.9 Å². The highest BCUT2D eigenvalue weighted by Crippen LogP contribution is 2.35. The summed E-state index contributed by atoms with van der Waals surface area (Å²) in [5.41, 5.74) is 0.357. The molecule has 0 bridgehead atoms. The summed E-state index contributed by atoms with van der Waals surface area (Å²) < 4.78 is 34.6. The van der Waals surface area contributed by atoms with Gasteiger partial charge in [-0.3, -0.25) is 4.79 Å². The third-order valence-electron chi connectivity index (χ3n) is 2.89. The standard InChI is InChI=1S/C13H19ClN2O5S/c1-16(2)22(18,19)6-5-13(17)15-10-8-11(20-3)9(14)7-12(10)21-4/h7-8H,5-6H2,1-4H3,(H,15,17). The second kappa shape index (κ2) is 7.66. The third kappa shape index (κ3) is 4.75. The number of benzene rings is 1. The lowest BCUT2D eigenvalue weighted by Crippen LogP contribution is -2.27. The molecule has 9 heteroatoms. The highest BCUT2D eigenvalue weighted by molar-refractivity contribution is 7.89. The lowest BCUT2D eigenvalue weighted by Gasteiger charge is -2.14. The van der Waals surface area contributed by atoms with Crippen LogP contribution in [0.5, 0.6) is 11.5 Å². The first-order valence-electron chi connectivity index (χ1n) is 6.33. The molecule has 0 aromatic heterocycles. The van der Waals surface area contributed by atoms with Gasteiger partial charge in [0, 0.05) is 32.6 Å². The summed E-state index contributed by atoms with van der Waals surface area (Å²) in [6, 6.07) is 3.02. The van der Waals surface area contributed by atoms with Crippen molar-refractivity contribution in [3.63, 3.8) is 0 Å². The third-order valence-corrected chi connectivity index (χ3v) is 5.02. The van der Waals surface area contributed by atoms with Crippen LogP contribution < -0.4 is 14.8 Å². The van der Waals surface area contributed by atoms with Gasteiger partial charge in [-0.2, -0.15) is 0 Å². The van der Waals surface area contributed by atoms with E-state index in [1.165, 1.54) is 40.4 Å². The van der Waals surface area contributed by atoms with E-state index in [1.807, 2.05) is 0 Å². The van der Waals surface area contributed by atoms with E-state index < -0.39 is 15.9 Å². The number of ether oxygens (including phenoxy) is 2. The zero-order valence-corrected chi connectivity index (χ0v) is 14.4. The Hall–Kier alpha value is -1.51. The fourth-order valence-corrected chi connectivity index (χ4v) is 2.61. The molecule has 1 N–H and O–H groups in total. The van der Waals surface area contributed by atoms with Crippen molar-refractivity contribution in [2.45, 2.75) is 6.42 Å². The molecule has 0 aliphatic rings. The Morgan fingerprint density at radius 1 is 1.23 bits per heavy atom. The summed E-state index contributed by atoms with van der Waals surface area (Å²) in [5.74, 6) is 0.000176. The number of anilines is 1. The Bertz CT molecular complexity index is 646. The number of halogens is 1. The Labute approximate surface area is 135 Å². The Kier molecular flexibility index (Phi) is 6.46. The fraction of sp³-hybridized carbons (Fsp3) is 0.462. The number of sulfonamides is 1. The number of amides is 1. The minimum Gasteiger partial charge on any atom is -0.495 e. The van der Waals surface area contributed by atoms with Gasteiger partial charge in [0.15, 0.2) is 0 Å². The Morgan fingerprint density at radius 2 is 1.82 bits per heavy atom. The molecule has 0 radical (unpaired) electrons. The van der Waals surface area contributed by atoms with Gasteiger partial charge < -0.3 is 14.8 Å². The van der Waals surface area contributed by atoms with E-state index >= 15 is 0 Å². The van der Waals surface area contributed by atoms with Crippen molar-refractivity contribution in [1.29, 1.82) is 0 Å². The van der Waals surface area contributed by atoms with Crippen LogP contribution in [-0.2, 0) is 14.8 Å². The molecule has 1 rings (SSSR count). The average Bonchev–Trinajstić information content (AvgIpc) is 2.46. The van der Waals surface area contributed by atoms with E-state index in [0.29, 0.717) is 22.2 Å². The van der Waals surface area contributed by atoms with Crippen LogP contribution in [0.2, 0.25) is 5.02 Å². The van der Waals surface area contributed by atoms with Crippen LogP contribution in [0.25, 0.3) is 0 Å². The van der Waals surface area contributed by atoms with Crippen molar-refractivity contribution in [2.75, 3.05) is 39.4 Å². The van der Waals surface area contributed by atoms with Gasteiger partial charge >= 0.3 is 0 Å². The normalized spacial score (nSPS) is 11.4. The molecule has 0 heterocycles. The molecule has 0 aliphatic heterocycles. The molecule has 0 atom stereocenters. The summed E-state index contributed by atoms with van der Waals surface area (Å²) >= 11 is 5.97. The molecule has 124 valence electrons. The highest BCUT2D eigenvalue weighted by atomic mass is 35.5. The van der Waals surface area contributed by atoms with E-state index in [-0.39, 0.29) is 12.2 Å². The molecule has 0 aliphatic carbocycles. The maximum absolute atomic E-state index is 11.9. The zero-order valence-electron chi connectivity index (χ0n) is 12.8. The molecule has 1 aromatic rings. The van der Waals surface area contributed by atoms with Gasteiger partial charge in [0.1, 0.15) is 11.5 Å². The maximum atomic E-state index is 11.9. The minimum absolute atomic E-state index is 0.172. The summed E-state index contributed by atoms with van der Waals surface area (Å²) in [6.07, 6.45) is -0.172. The first-order valence-corrected chi connectivity index (χ1v) is 8.31. The molecule has 0 unspecified atom stereocenters. The second-order valence-electron chi connectivity index (χ2n) is 4.58. The lowest BCUT2D eigenvalue weighted by atomic mass is 10.2. The summed E-state index contributed by atoms with van der Waals surface area (Å²) in [5, 5.41) is 2.93. The van der Waals surface area contributed by atoms with Gasteiger partial charge in [-0.1, -0.05) is 11.6 Å². The first kappa shape index (κ1) is 18.5. The van der Waals surface area contributed by atoms with Crippen LogP contribution in [0.1, 0.15) is 6.42 Å². The Morgan fingerprint density at radius 3 is 2.32 bits per heavy atom. The van der Waals surface area contributed by atoms with Gasteiger partial charge in [0.25, 0.3) is 0 Å². The van der Waals surface area contributed by atoms with Gasteiger partial charge in [0.2, 0.25) is 15.9 Å². The summed E-state index contributed by atoms with van der Waals surface area (Å²) in [4.78, 5) is 11.9. The van der Waals surface area contributed by atoms with E-state index in [0.717, 1.165) is 4.31 Å². The van der Waals surface area contributed by atoms with Crippen molar-refractivity contribution in [1.82, 2.24) is 4.31 Å². The van der Waals surface area contributed by atoms with Crippen LogP contribution >= 0.6 is 11.6 Å². The number of hydrogen-bond acceptors (Lipinski definition) is 5. The van der Waals surface area contributed by atoms with Crippen molar-refractivity contribution >= 4 is 33.2 Å². The van der Waals surface area contributed by atoms with Gasteiger partial charge in [0.05, 0.1) is 30.7 Å².